The number of nitrogens with one attached hydrogen (secondary N) is 1. The molecule has 3 heterocycles. The number of benzene rings is 2. The SMILES string of the molecule is CC(=O)Nc1c(C(N)=O)ccnc1C1N=C(c2ccccc2)c2cc([N+](=O)[O-])cc3c2N(CC3)C1=O. The van der Waals surface area contributed by atoms with E-state index in [9.17, 15) is 24.5 Å². The number of primary amides is 1. The number of carbonyl (C=O) groups excluding carboxylic acids is 3. The van der Waals surface area contributed by atoms with Crippen LogP contribution >= 0.6 is 0 Å². The monoisotopic (exact) mass is 484 g/mol. The van der Waals surface area contributed by atoms with Gasteiger partial charge in [0.15, 0.2) is 6.04 Å². The number of anilines is 2. The van der Waals surface area contributed by atoms with Gasteiger partial charge in [-0.3, -0.25) is 34.5 Å². The zero-order valence-electron chi connectivity index (χ0n) is 19.1. The molecule has 0 saturated heterocycles. The van der Waals surface area contributed by atoms with Crippen molar-refractivity contribution in [2.45, 2.75) is 19.4 Å². The number of aromatic nitrogens is 1. The van der Waals surface area contributed by atoms with Crippen molar-refractivity contribution in [3.63, 3.8) is 0 Å². The summed E-state index contributed by atoms with van der Waals surface area (Å²) in [6, 6.07) is 12.0. The molecule has 11 heteroatoms. The number of nitro groups is 1. The first-order valence-corrected chi connectivity index (χ1v) is 11.1. The van der Waals surface area contributed by atoms with Gasteiger partial charge in [-0.2, -0.15) is 0 Å². The maximum atomic E-state index is 13.9. The lowest BCUT2D eigenvalue weighted by molar-refractivity contribution is -0.384. The average molecular weight is 484 g/mol. The molecule has 1 aromatic heterocycles. The van der Waals surface area contributed by atoms with Crippen LogP contribution in [-0.2, 0) is 16.0 Å². The molecule has 3 amide bonds. The van der Waals surface area contributed by atoms with Crippen LogP contribution in [0.2, 0.25) is 0 Å². The summed E-state index contributed by atoms with van der Waals surface area (Å²) in [6.07, 6.45) is 1.75. The third-order valence-electron chi connectivity index (χ3n) is 6.13. The lowest BCUT2D eigenvalue weighted by atomic mass is 9.97. The minimum atomic E-state index is -1.25. The van der Waals surface area contributed by atoms with E-state index < -0.39 is 28.7 Å². The number of amides is 3. The number of nitro benzene ring substituents is 1. The van der Waals surface area contributed by atoms with Gasteiger partial charge in [-0.25, -0.2) is 0 Å². The third kappa shape index (κ3) is 3.76. The van der Waals surface area contributed by atoms with Crippen LogP contribution in [0.5, 0.6) is 0 Å². The predicted octanol–water partition coefficient (Wildman–Crippen LogP) is 2.53. The van der Waals surface area contributed by atoms with E-state index in [1.54, 1.807) is 24.3 Å². The number of hydrogen-bond acceptors (Lipinski definition) is 7. The molecule has 0 aliphatic carbocycles. The van der Waals surface area contributed by atoms with E-state index in [4.69, 9.17) is 10.7 Å². The Morgan fingerprint density at radius 1 is 1.19 bits per heavy atom. The quantitative estimate of drug-likeness (QED) is 0.418. The number of nitrogens with zero attached hydrogens (tertiary/aromatic N) is 4. The predicted molar refractivity (Wildman–Crippen MR) is 131 cm³/mol. The van der Waals surface area contributed by atoms with Crippen LogP contribution in [-0.4, -0.2) is 39.9 Å². The molecule has 0 spiro atoms. The molecular weight excluding hydrogens is 464 g/mol. The van der Waals surface area contributed by atoms with E-state index in [1.807, 2.05) is 6.07 Å². The Bertz CT molecular complexity index is 1480. The molecule has 0 saturated carbocycles. The number of aliphatic imine (C=N–C) groups is 1. The first-order chi connectivity index (χ1) is 17.3. The van der Waals surface area contributed by atoms with Crippen molar-refractivity contribution < 1.29 is 19.3 Å². The molecule has 36 heavy (non-hydrogen) atoms. The second-order valence-electron chi connectivity index (χ2n) is 8.41. The molecule has 11 nitrogen and oxygen atoms in total. The fourth-order valence-electron chi connectivity index (χ4n) is 4.64. The van der Waals surface area contributed by atoms with E-state index >= 15 is 0 Å². The Morgan fingerprint density at radius 2 is 1.94 bits per heavy atom. The number of pyridine rings is 1. The molecule has 0 radical (unpaired) electrons. The van der Waals surface area contributed by atoms with E-state index in [-0.39, 0.29) is 22.6 Å². The van der Waals surface area contributed by atoms with Crippen molar-refractivity contribution in [1.29, 1.82) is 0 Å². The van der Waals surface area contributed by atoms with Gasteiger partial charge in [-0.15, -0.1) is 0 Å². The summed E-state index contributed by atoms with van der Waals surface area (Å²) in [5, 5.41) is 14.3. The minimum absolute atomic E-state index is 0.00312. The maximum Gasteiger partial charge on any atom is 0.270 e. The molecular formula is C25H20N6O5. The largest absolute Gasteiger partial charge is 0.366 e. The number of nitrogens with two attached hydrogens (primary N) is 1. The zero-order valence-corrected chi connectivity index (χ0v) is 19.1. The molecule has 0 bridgehead atoms. The molecule has 2 aliphatic rings. The minimum Gasteiger partial charge on any atom is -0.366 e. The van der Waals surface area contributed by atoms with Crippen molar-refractivity contribution in [2.75, 3.05) is 16.8 Å². The van der Waals surface area contributed by atoms with Gasteiger partial charge in [-0.05, 0) is 18.1 Å². The summed E-state index contributed by atoms with van der Waals surface area (Å²) < 4.78 is 0. The molecule has 3 aromatic rings. The van der Waals surface area contributed by atoms with Crippen LogP contribution in [0, 0.1) is 10.1 Å². The average Bonchev–Trinajstić information content (AvgIpc) is 3.23. The van der Waals surface area contributed by atoms with Gasteiger partial charge in [-0.1, -0.05) is 30.3 Å². The highest BCUT2D eigenvalue weighted by Gasteiger charge is 2.40. The molecule has 1 atom stereocenters. The summed E-state index contributed by atoms with van der Waals surface area (Å²) in [7, 11) is 0. The van der Waals surface area contributed by atoms with Crippen LogP contribution in [0.15, 0.2) is 59.7 Å². The Labute approximate surface area is 204 Å². The van der Waals surface area contributed by atoms with Crippen molar-refractivity contribution in [2.24, 2.45) is 10.7 Å². The Hall–Kier alpha value is -4.93. The second kappa shape index (κ2) is 8.69. The van der Waals surface area contributed by atoms with Gasteiger partial charge in [0.2, 0.25) is 5.91 Å². The molecule has 2 aromatic carbocycles. The summed E-state index contributed by atoms with van der Waals surface area (Å²) in [4.78, 5) is 59.9. The summed E-state index contributed by atoms with van der Waals surface area (Å²) in [6.45, 7) is 1.55. The normalized spacial score (nSPS) is 16.1. The third-order valence-corrected chi connectivity index (χ3v) is 6.13. The molecule has 1 unspecified atom stereocenters. The van der Waals surface area contributed by atoms with Gasteiger partial charge in [0.1, 0.15) is 0 Å². The van der Waals surface area contributed by atoms with E-state index in [0.29, 0.717) is 41.1 Å². The fourth-order valence-corrected chi connectivity index (χ4v) is 4.64. The smallest absolute Gasteiger partial charge is 0.270 e. The van der Waals surface area contributed by atoms with Gasteiger partial charge >= 0.3 is 0 Å². The highest BCUT2D eigenvalue weighted by Crippen LogP contribution is 2.42. The first kappa shape index (κ1) is 22.8. The first-order valence-electron chi connectivity index (χ1n) is 11.1. The van der Waals surface area contributed by atoms with Crippen molar-refractivity contribution >= 4 is 40.5 Å². The second-order valence-corrected chi connectivity index (χ2v) is 8.41. The zero-order chi connectivity index (χ0) is 25.6. The standard InChI is InChI=1S/C25H20N6O5/c1-13(32)28-20-17(24(26)33)7-9-27-21(20)22-25(34)30-10-8-15-11-16(31(35)36)12-18(23(15)30)19(29-22)14-5-3-2-4-6-14/h2-7,9,11-12,22H,8,10H2,1H3,(H2,26,33)(H,28,32). The van der Waals surface area contributed by atoms with Crippen molar-refractivity contribution in [3.05, 3.63) is 92.8 Å². The topological polar surface area (TPSA) is 161 Å². The maximum absolute atomic E-state index is 13.9. The highest BCUT2D eigenvalue weighted by atomic mass is 16.6. The van der Waals surface area contributed by atoms with Gasteiger partial charge < -0.3 is 16.0 Å². The molecule has 180 valence electrons. The lowest BCUT2D eigenvalue weighted by Gasteiger charge is -2.22. The number of carbonyl (C=O) groups is 3. The molecule has 2 aliphatic heterocycles. The Morgan fingerprint density at radius 3 is 2.61 bits per heavy atom. The molecule has 3 N–H and O–H groups in total. The van der Waals surface area contributed by atoms with Crippen molar-refractivity contribution in [1.82, 2.24) is 4.98 Å². The van der Waals surface area contributed by atoms with Crippen LogP contribution in [0.1, 0.15) is 45.7 Å². The Balaban J connectivity index is 1.81. The Kier molecular flexibility index (Phi) is 5.51. The van der Waals surface area contributed by atoms with Crippen LogP contribution < -0.4 is 16.0 Å². The number of rotatable bonds is 5. The van der Waals surface area contributed by atoms with E-state index in [2.05, 4.69) is 10.3 Å². The summed E-state index contributed by atoms with van der Waals surface area (Å²) in [5.41, 5.74) is 8.14. The van der Waals surface area contributed by atoms with E-state index in [0.717, 1.165) is 0 Å². The van der Waals surface area contributed by atoms with Gasteiger partial charge in [0.25, 0.3) is 17.5 Å². The number of hydrogen-bond donors (Lipinski definition) is 2. The molecule has 0 fully saturated rings. The van der Waals surface area contributed by atoms with E-state index in [1.165, 1.54) is 36.2 Å². The van der Waals surface area contributed by atoms with Crippen LogP contribution in [0.3, 0.4) is 0 Å². The fraction of sp³-hybridized carbons (Fsp3) is 0.160. The van der Waals surface area contributed by atoms with Gasteiger partial charge in [0.05, 0.1) is 33.3 Å². The van der Waals surface area contributed by atoms with Crippen LogP contribution in [0.4, 0.5) is 17.1 Å². The summed E-state index contributed by atoms with van der Waals surface area (Å²) in [5.74, 6) is -1.73. The number of non-ortho nitro benzene ring substituents is 1. The van der Waals surface area contributed by atoms with Crippen LogP contribution in [0.25, 0.3) is 0 Å². The van der Waals surface area contributed by atoms with Crippen molar-refractivity contribution in [3.8, 4) is 0 Å². The lowest BCUT2D eigenvalue weighted by Crippen LogP contribution is -2.33. The molecule has 5 rings (SSSR count). The summed E-state index contributed by atoms with van der Waals surface area (Å²) >= 11 is 0. The highest BCUT2D eigenvalue weighted by molar-refractivity contribution is 6.21. The van der Waals surface area contributed by atoms with Gasteiger partial charge in [0, 0.05) is 42.9 Å².